The minimum Gasteiger partial charge on any atom is -0.496 e. The SMILES string of the molecule is CNCc1nc(-c2cc(Br)ccc2OC)cs1. The van der Waals surface area contributed by atoms with Gasteiger partial charge in [-0.1, -0.05) is 15.9 Å². The van der Waals surface area contributed by atoms with E-state index in [0.29, 0.717) is 0 Å². The van der Waals surface area contributed by atoms with Crippen molar-refractivity contribution in [3.8, 4) is 17.0 Å². The van der Waals surface area contributed by atoms with Gasteiger partial charge in [0.05, 0.1) is 12.8 Å². The Morgan fingerprint density at radius 1 is 1.47 bits per heavy atom. The molecule has 0 unspecified atom stereocenters. The van der Waals surface area contributed by atoms with Gasteiger partial charge in [-0.05, 0) is 25.2 Å². The highest BCUT2D eigenvalue weighted by Crippen LogP contribution is 2.33. The average Bonchev–Trinajstić information content (AvgIpc) is 2.78. The zero-order valence-corrected chi connectivity index (χ0v) is 12.1. The van der Waals surface area contributed by atoms with E-state index in [0.717, 1.165) is 33.0 Å². The van der Waals surface area contributed by atoms with Crippen LogP contribution >= 0.6 is 27.3 Å². The Hall–Kier alpha value is -0.910. The number of methoxy groups -OCH3 is 1. The summed E-state index contributed by atoms with van der Waals surface area (Å²) in [4.78, 5) is 4.58. The second-order valence-corrected chi connectivity index (χ2v) is 5.36. The second kappa shape index (κ2) is 5.62. The van der Waals surface area contributed by atoms with Crippen LogP contribution in [-0.2, 0) is 6.54 Å². The van der Waals surface area contributed by atoms with Gasteiger partial charge in [-0.3, -0.25) is 0 Å². The molecule has 0 amide bonds. The van der Waals surface area contributed by atoms with E-state index in [1.165, 1.54) is 0 Å². The van der Waals surface area contributed by atoms with Crippen LogP contribution < -0.4 is 10.1 Å². The van der Waals surface area contributed by atoms with Crippen molar-refractivity contribution in [3.63, 3.8) is 0 Å². The Morgan fingerprint density at radius 2 is 2.29 bits per heavy atom. The lowest BCUT2D eigenvalue weighted by Gasteiger charge is -2.06. The number of thiazole rings is 1. The van der Waals surface area contributed by atoms with Crippen molar-refractivity contribution >= 4 is 27.3 Å². The molecule has 1 heterocycles. The third-order valence-corrected chi connectivity index (χ3v) is 3.66. The van der Waals surface area contributed by atoms with Crippen LogP contribution in [0.25, 0.3) is 11.3 Å². The van der Waals surface area contributed by atoms with Crippen LogP contribution in [0.2, 0.25) is 0 Å². The van der Waals surface area contributed by atoms with Crippen LogP contribution in [0.4, 0.5) is 0 Å². The van der Waals surface area contributed by atoms with Crippen molar-refractivity contribution in [2.45, 2.75) is 6.54 Å². The van der Waals surface area contributed by atoms with Crippen LogP contribution in [0.5, 0.6) is 5.75 Å². The average molecular weight is 313 g/mol. The molecule has 0 aliphatic carbocycles. The number of halogens is 1. The fraction of sp³-hybridized carbons (Fsp3) is 0.250. The molecule has 2 rings (SSSR count). The van der Waals surface area contributed by atoms with Gasteiger partial charge in [0.15, 0.2) is 0 Å². The van der Waals surface area contributed by atoms with E-state index in [2.05, 4.69) is 31.6 Å². The number of hydrogen-bond acceptors (Lipinski definition) is 4. The number of rotatable bonds is 4. The molecule has 5 heteroatoms. The molecule has 1 aromatic carbocycles. The van der Waals surface area contributed by atoms with Crippen molar-refractivity contribution in [1.82, 2.24) is 10.3 Å². The summed E-state index contributed by atoms with van der Waals surface area (Å²) in [6.45, 7) is 0.793. The fourth-order valence-electron chi connectivity index (χ4n) is 1.55. The lowest BCUT2D eigenvalue weighted by atomic mass is 10.1. The third-order valence-electron chi connectivity index (χ3n) is 2.32. The summed E-state index contributed by atoms with van der Waals surface area (Å²) in [5.41, 5.74) is 1.97. The predicted molar refractivity (Wildman–Crippen MR) is 74.6 cm³/mol. The van der Waals surface area contributed by atoms with E-state index < -0.39 is 0 Å². The monoisotopic (exact) mass is 312 g/mol. The molecule has 0 bridgehead atoms. The second-order valence-electron chi connectivity index (χ2n) is 3.50. The quantitative estimate of drug-likeness (QED) is 0.940. The van der Waals surface area contributed by atoms with Gasteiger partial charge in [-0.15, -0.1) is 11.3 Å². The van der Waals surface area contributed by atoms with Gasteiger partial charge in [0.1, 0.15) is 10.8 Å². The Labute approximate surface area is 113 Å². The van der Waals surface area contributed by atoms with Gasteiger partial charge in [0, 0.05) is 22.0 Å². The highest BCUT2D eigenvalue weighted by molar-refractivity contribution is 9.10. The summed E-state index contributed by atoms with van der Waals surface area (Å²) >= 11 is 5.12. The summed E-state index contributed by atoms with van der Waals surface area (Å²) < 4.78 is 6.38. The Balaban J connectivity index is 2.40. The normalized spacial score (nSPS) is 10.5. The smallest absolute Gasteiger partial charge is 0.128 e. The van der Waals surface area contributed by atoms with Gasteiger partial charge in [0.25, 0.3) is 0 Å². The lowest BCUT2D eigenvalue weighted by Crippen LogP contribution is -2.04. The van der Waals surface area contributed by atoms with Crippen molar-refractivity contribution in [2.24, 2.45) is 0 Å². The zero-order valence-electron chi connectivity index (χ0n) is 9.66. The third kappa shape index (κ3) is 2.86. The molecule has 3 nitrogen and oxygen atoms in total. The first-order valence-corrected chi connectivity index (χ1v) is 6.84. The molecule has 0 atom stereocenters. The molecular weight excluding hydrogens is 300 g/mol. The summed E-state index contributed by atoms with van der Waals surface area (Å²) in [7, 11) is 3.59. The zero-order chi connectivity index (χ0) is 12.3. The van der Waals surface area contributed by atoms with Gasteiger partial charge >= 0.3 is 0 Å². The first-order valence-electron chi connectivity index (χ1n) is 5.17. The molecule has 0 fully saturated rings. The summed E-state index contributed by atoms with van der Waals surface area (Å²) in [5, 5.41) is 6.22. The van der Waals surface area contributed by atoms with Gasteiger partial charge < -0.3 is 10.1 Å². The van der Waals surface area contributed by atoms with Crippen molar-refractivity contribution in [2.75, 3.05) is 14.2 Å². The standard InChI is InChI=1S/C12H13BrN2OS/c1-14-6-12-15-10(7-17-12)9-5-8(13)3-4-11(9)16-2/h3-5,7,14H,6H2,1-2H3. The summed E-state index contributed by atoms with van der Waals surface area (Å²) in [5.74, 6) is 0.842. The molecule has 0 spiro atoms. The van der Waals surface area contributed by atoms with E-state index in [-0.39, 0.29) is 0 Å². The first-order chi connectivity index (χ1) is 8.24. The number of ether oxygens (including phenoxy) is 1. The van der Waals surface area contributed by atoms with Crippen LogP contribution in [0.15, 0.2) is 28.1 Å². The molecule has 0 saturated carbocycles. The lowest BCUT2D eigenvalue weighted by molar-refractivity contribution is 0.416. The van der Waals surface area contributed by atoms with Gasteiger partial charge in [-0.2, -0.15) is 0 Å². The fourth-order valence-corrected chi connectivity index (χ4v) is 2.71. The Morgan fingerprint density at radius 3 is 3.00 bits per heavy atom. The topological polar surface area (TPSA) is 34.2 Å². The van der Waals surface area contributed by atoms with Gasteiger partial charge in [-0.25, -0.2) is 4.98 Å². The molecule has 17 heavy (non-hydrogen) atoms. The molecule has 2 aromatic rings. The van der Waals surface area contributed by atoms with Crippen LogP contribution in [-0.4, -0.2) is 19.1 Å². The van der Waals surface area contributed by atoms with Crippen LogP contribution in [0.1, 0.15) is 5.01 Å². The molecule has 0 aliphatic rings. The molecule has 0 saturated heterocycles. The number of benzene rings is 1. The highest BCUT2D eigenvalue weighted by atomic mass is 79.9. The van der Waals surface area contributed by atoms with Crippen molar-refractivity contribution < 1.29 is 4.74 Å². The van der Waals surface area contributed by atoms with E-state index in [9.17, 15) is 0 Å². The van der Waals surface area contributed by atoms with E-state index in [4.69, 9.17) is 4.74 Å². The van der Waals surface area contributed by atoms with Crippen LogP contribution in [0.3, 0.4) is 0 Å². The maximum Gasteiger partial charge on any atom is 0.128 e. The molecule has 90 valence electrons. The highest BCUT2D eigenvalue weighted by Gasteiger charge is 2.10. The first kappa shape index (κ1) is 12.5. The van der Waals surface area contributed by atoms with E-state index >= 15 is 0 Å². The maximum atomic E-state index is 5.35. The molecule has 0 aliphatic heterocycles. The Kier molecular flexibility index (Phi) is 4.15. The van der Waals surface area contributed by atoms with Crippen molar-refractivity contribution in [3.05, 3.63) is 33.1 Å². The number of aromatic nitrogens is 1. The number of nitrogens with zero attached hydrogens (tertiary/aromatic N) is 1. The maximum absolute atomic E-state index is 5.35. The minimum atomic E-state index is 0.793. The molecular formula is C12H13BrN2OS. The summed E-state index contributed by atoms with van der Waals surface area (Å²) in [6.07, 6.45) is 0. The number of nitrogens with one attached hydrogen (secondary N) is 1. The minimum absolute atomic E-state index is 0.793. The number of hydrogen-bond donors (Lipinski definition) is 1. The van der Waals surface area contributed by atoms with Gasteiger partial charge in [0.2, 0.25) is 0 Å². The molecule has 1 aromatic heterocycles. The van der Waals surface area contributed by atoms with E-state index in [1.54, 1.807) is 18.4 Å². The van der Waals surface area contributed by atoms with E-state index in [1.807, 2.05) is 25.2 Å². The molecule has 0 radical (unpaired) electrons. The van der Waals surface area contributed by atoms with Crippen molar-refractivity contribution in [1.29, 1.82) is 0 Å². The largest absolute Gasteiger partial charge is 0.496 e. The molecule has 1 N–H and O–H groups in total. The van der Waals surface area contributed by atoms with Crippen LogP contribution in [0, 0.1) is 0 Å². The predicted octanol–water partition coefficient (Wildman–Crippen LogP) is 3.30. The Bertz CT molecular complexity index is 513. The summed E-state index contributed by atoms with van der Waals surface area (Å²) in [6, 6.07) is 5.93.